The van der Waals surface area contributed by atoms with Crippen molar-refractivity contribution in [1.82, 2.24) is 10.2 Å². The highest BCUT2D eigenvalue weighted by Crippen LogP contribution is 2.29. The number of sulfonamides is 1. The molecular formula is C34H41Cl2N3O4S. The predicted molar refractivity (Wildman–Crippen MR) is 179 cm³/mol. The maximum atomic E-state index is 14.1. The van der Waals surface area contributed by atoms with E-state index < -0.39 is 16.1 Å². The molecule has 0 heterocycles. The molecule has 4 rings (SSSR count). The Kier molecular flexibility index (Phi) is 11.7. The molecule has 236 valence electrons. The highest BCUT2D eigenvalue weighted by molar-refractivity contribution is 7.92. The molecule has 7 nitrogen and oxygen atoms in total. The van der Waals surface area contributed by atoms with Gasteiger partial charge in [-0.3, -0.25) is 13.9 Å². The van der Waals surface area contributed by atoms with E-state index in [4.69, 9.17) is 23.2 Å². The second-order valence-corrected chi connectivity index (χ2v) is 14.3. The Morgan fingerprint density at radius 1 is 0.932 bits per heavy atom. The maximum absolute atomic E-state index is 14.1. The number of hydrogen-bond acceptors (Lipinski definition) is 4. The van der Waals surface area contributed by atoms with Crippen LogP contribution in [0, 0.1) is 13.8 Å². The van der Waals surface area contributed by atoms with Crippen LogP contribution in [0.5, 0.6) is 0 Å². The van der Waals surface area contributed by atoms with Crippen LogP contribution in [0.1, 0.15) is 60.8 Å². The van der Waals surface area contributed by atoms with Crippen LogP contribution in [0.3, 0.4) is 0 Å². The molecule has 1 N–H and O–H groups in total. The lowest BCUT2D eigenvalue weighted by Crippen LogP contribution is -2.52. The molecule has 0 bridgehead atoms. The average molecular weight is 659 g/mol. The van der Waals surface area contributed by atoms with E-state index in [0.29, 0.717) is 27.7 Å². The number of carbonyl (C=O) groups is 2. The largest absolute Gasteiger partial charge is 0.352 e. The van der Waals surface area contributed by atoms with Gasteiger partial charge in [-0.2, -0.15) is 0 Å². The Morgan fingerprint density at radius 3 is 2.20 bits per heavy atom. The zero-order valence-electron chi connectivity index (χ0n) is 25.6. The zero-order chi connectivity index (χ0) is 31.9. The van der Waals surface area contributed by atoms with Crippen molar-refractivity contribution in [2.24, 2.45) is 0 Å². The molecule has 1 aliphatic rings. The monoisotopic (exact) mass is 657 g/mol. The second-order valence-electron chi connectivity index (χ2n) is 11.6. The molecule has 0 spiro atoms. The smallest absolute Gasteiger partial charge is 0.243 e. The molecule has 2 amide bonds. The first-order valence-electron chi connectivity index (χ1n) is 15.1. The summed E-state index contributed by atoms with van der Waals surface area (Å²) >= 11 is 13.1. The van der Waals surface area contributed by atoms with Crippen molar-refractivity contribution in [3.05, 3.63) is 99.0 Å². The van der Waals surface area contributed by atoms with Crippen molar-refractivity contribution in [3.8, 4) is 0 Å². The number of halogens is 2. The van der Waals surface area contributed by atoms with E-state index in [1.807, 2.05) is 56.3 Å². The van der Waals surface area contributed by atoms with E-state index in [9.17, 15) is 18.0 Å². The summed E-state index contributed by atoms with van der Waals surface area (Å²) in [5.74, 6) is -0.497. The van der Waals surface area contributed by atoms with Crippen molar-refractivity contribution >= 4 is 50.7 Å². The van der Waals surface area contributed by atoms with Gasteiger partial charge in [0.1, 0.15) is 6.04 Å². The van der Waals surface area contributed by atoms with Crippen molar-refractivity contribution < 1.29 is 18.0 Å². The molecule has 0 radical (unpaired) electrons. The Hall–Kier alpha value is -3.07. The van der Waals surface area contributed by atoms with E-state index in [1.165, 1.54) is 10.6 Å². The fraction of sp³-hybridized carbons (Fsp3) is 0.412. The normalized spacial score (nSPS) is 14.3. The van der Waals surface area contributed by atoms with Gasteiger partial charge in [-0.15, -0.1) is 0 Å². The molecule has 0 aliphatic heterocycles. The van der Waals surface area contributed by atoms with Gasteiger partial charge in [-0.05, 0) is 68.0 Å². The van der Waals surface area contributed by atoms with E-state index in [1.54, 1.807) is 29.2 Å². The summed E-state index contributed by atoms with van der Waals surface area (Å²) in [6, 6.07) is 19.6. The van der Waals surface area contributed by atoms with Crippen LogP contribution in [0.25, 0.3) is 0 Å². The van der Waals surface area contributed by atoms with Gasteiger partial charge in [0.2, 0.25) is 21.8 Å². The number of benzene rings is 3. The number of nitrogens with zero attached hydrogens (tertiary/aromatic N) is 2. The number of hydrogen-bond donors (Lipinski definition) is 1. The summed E-state index contributed by atoms with van der Waals surface area (Å²) in [5, 5.41) is 4.00. The van der Waals surface area contributed by atoms with Crippen LogP contribution in [0.15, 0.2) is 66.7 Å². The minimum atomic E-state index is -3.61. The fourth-order valence-corrected chi connectivity index (χ4v) is 7.30. The van der Waals surface area contributed by atoms with Crippen LogP contribution in [-0.4, -0.2) is 50.0 Å². The van der Waals surface area contributed by atoms with Crippen molar-refractivity contribution in [2.45, 2.75) is 77.4 Å². The van der Waals surface area contributed by atoms with Gasteiger partial charge >= 0.3 is 0 Å². The number of aryl methyl sites for hydroxylation is 1. The molecule has 1 fully saturated rings. The first kappa shape index (κ1) is 33.8. The average Bonchev–Trinajstić information content (AvgIpc) is 3.49. The molecule has 10 heteroatoms. The minimum Gasteiger partial charge on any atom is -0.352 e. The van der Waals surface area contributed by atoms with E-state index in [-0.39, 0.29) is 43.8 Å². The Balaban J connectivity index is 1.63. The topological polar surface area (TPSA) is 86.8 Å². The van der Waals surface area contributed by atoms with E-state index in [0.717, 1.165) is 42.4 Å². The Morgan fingerprint density at radius 2 is 1.57 bits per heavy atom. The molecule has 3 aromatic carbocycles. The number of amides is 2. The molecule has 1 saturated carbocycles. The maximum Gasteiger partial charge on any atom is 0.243 e. The minimum absolute atomic E-state index is 0.0287. The van der Waals surface area contributed by atoms with Crippen LogP contribution in [0.2, 0.25) is 10.0 Å². The number of rotatable bonds is 13. The molecule has 1 aliphatic carbocycles. The SMILES string of the molecule is Cc1cccc(N(CCCC(=O)N(Cc2c(Cl)cccc2Cl)[C@H](Cc2ccccc2)C(=O)NC2CCCC2)S(C)(=O)=O)c1C. The molecule has 44 heavy (non-hydrogen) atoms. The van der Waals surface area contributed by atoms with Gasteiger partial charge in [0.15, 0.2) is 0 Å². The molecule has 0 aromatic heterocycles. The third-order valence-electron chi connectivity index (χ3n) is 8.36. The highest BCUT2D eigenvalue weighted by Gasteiger charge is 2.33. The summed E-state index contributed by atoms with van der Waals surface area (Å²) in [6.45, 7) is 3.98. The van der Waals surface area contributed by atoms with Crippen molar-refractivity contribution in [3.63, 3.8) is 0 Å². The summed E-state index contributed by atoms with van der Waals surface area (Å²) in [4.78, 5) is 29.6. The fourth-order valence-electron chi connectivity index (χ4n) is 5.76. The highest BCUT2D eigenvalue weighted by atomic mass is 35.5. The number of carbonyl (C=O) groups excluding carboxylic acids is 2. The summed E-state index contributed by atoms with van der Waals surface area (Å²) in [6.07, 6.45) is 5.71. The van der Waals surface area contributed by atoms with Gasteiger partial charge in [-0.25, -0.2) is 8.42 Å². The number of nitrogens with one attached hydrogen (secondary N) is 1. The molecule has 0 saturated heterocycles. The van der Waals surface area contributed by atoms with Crippen LogP contribution in [-0.2, 0) is 32.6 Å². The van der Waals surface area contributed by atoms with Crippen LogP contribution in [0.4, 0.5) is 5.69 Å². The first-order chi connectivity index (χ1) is 21.0. The van der Waals surface area contributed by atoms with Crippen molar-refractivity contribution in [2.75, 3.05) is 17.1 Å². The second kappa shape index (κ2) is 15.3. The summed E-state index contributed by atoms with van der Waals surface area (Å²) in [5.41, 5.74) is 3.92. The molecular weight excluding hydrogens is 617 g/mol. The first-order valence-corrected chi connectivity index (χ1v) is 17.7. The Labute approximate surface area is 271 Å². The van der Waals surface area contributed by atoms with Gasteiger partial charge in [0.05, 0.1) is 11.9 Å². The lowest BCUT2D eigenvalue weighted by atomic mass is 10.0. The van der Waals surface area contributed by atoms with Crippen LogP contribution < -0.4 is 9.62 Å². The van der Waals surface area contributed by atoms with Gasteiger partial charge in [0.25, 0.3) is 0 Å². The predicted octanol–water partition coefficient (Wildman–Crippen LogP) is 6.86. The third kappa shape index (κ3) is 8.77. The van der Waals surface area contributed by atoms with E-state index >= 15 is 0 Å². The summed E-state index contributed by atoms with van der Waals surface area (Å²) in [7, 11) is -3.61. The molecule has 3 aromatic rings. The third-order valence-corrected chi connectivity index (χ3v) is 10.2. The van der Waals surface area contributed by atoms with Crippen molar-refractivity contribution in [1.29, 1.82) is 0 Å². The zero-order valence-corrected chi connectivity index (χ0v) is 27.9. The number of anilines is 1. The van der Waals surface area contributed by atoms with Gasteiger partial charge in [0, 0.05) is 47.6 Å². The quantitative estimate of drug-likeness (QED) is 0.218. The lowest BCUT2D eigenvalue weighted by molar-refractivity contribution is -0.141. The van der Waals surface area contributed by atoms with Crippen LogP contribution >= 0.6 is 23.2 Å². The molecule has 0 unspecified atom stereocenters. The Bertz CT molecular complexity index is 1540. The van der Waals surface area contributed by atoms with E-state index in [2.05, 4.69) is 5.32 Å². The summed E-state index contributed by atoms with van der Waals surface area (Å²) < 4.78 is 27.0. The molecule has 1 atom stereocenters. The lowest BCUT2D eigenvalue weighted by Gasteiger charge is -2.33. The van der Waals surface area contributed by atoms with Gasteiger partial charge < -0.3 is 10.2 Å². The van der Waals surface area contributed by atoms with Gasteiger partial charge in [-0.1, -0.05) is 84.6 Å². The standard InChI is InChI=1S/C34H41Cl2N3O4S/c1-24-12-9-19-31(25(24)2)39(44(3,42)43)21-11-20-33(40)38(23-28-29(35)17-10-18-30(28)36)32(22-26-13-5-4-6-14-26)34(41)37-27-15-7-8-16-27/h4-6,9-10,12-14,17-19,27,32H,7-8,11,15-16,20-23H2,1-3H3,(H,37,41)/t32-/m1/s1.